The monoisotopic (exact) mass is 688 g/mol. The van der Waals surface area contributed by atoms with E-state index in [4.69, 9.17) is 9.97 Å². The van der Waals surface area contributed by atoms with E-state index in [0.717, 1.165) is 39.5 Å². The Hall–Kier alpha value is -7.30. The van der Waals surface area contributed by atoms with E-state index in [1.165, 1.54) is 54.4 Å². The highest BCUT2D eigenvalue weighted by Crippen LogP contribution is 2.42. The zero-order chi connectivity index (χ0) is 35.6. The molecule has 0 fully saturated rings. The summed E-state index contributed by atoms with van der Waals surface area (Å²) in [6.07, 6.45) is 0. The molecule has 3 aromatic heterocycles. The molecule has 0 saturated carbocycles. The van der Waals surface area contributed by atoms with Crippen molar-refractivity contribution in [3.05, 3.63) is 194 Å². The standard InChI is InChI=1S/C50H32N4/c1-3-15-35(16-4-1)50-51-43(32-44(52-50)39-23-13-17-33-14-7-8-20-38(33)39)34-26-28-37(29-27-34)54-45-24-11-9-21-40(45)41-30-31-47-48(49(41)54)42-22-10-12-25-46(42)53(47)36-18-5-2-6-19-36/h1-32H. The number of hydrogen-bond acceptors (Lipinski definition) is 2. The number of nitrogens with zero attached hydrogens (tertiary/aromatic N) is 4. The highest BCUT2D eigenvalue weighted by atomic mass is 15.0. The molecule has 0 atom stereocenters. The van der Waals surface area contributed by atoms with E-state index >= 15 is 0 Å². The molecule has 0 aliphatic heterocycles. The number of fused-ring (bicyclic) bond motifs is 8. The molecule has 0 spiro atoms. The molecule has 11 aromatic rings. The first-order valence-electron chi connectivity index (χ1n) is 18.3. The molecule has 8 aromatic carbocycles. The third-order valence-corrected chi connectivity index (χ3v) is 10.7. The molecular formula is C50H32N4. The van der Waals surface area contributed by atoms with Gasteiger partial charge < -0.3 is 9.13 Å². The van der Waals surface area contributed by atoms with Gasteiger partial charge in [0, 0.05) is 49.6 Å². The minimum absolute atomic E-state index is 0.708. The molecule has 4 nitrogen and oxygen atoms in total. The third-order valence-electron chi connectivity index (χ3n) is 10.7. The molecule has 3 heterocycles. The zero-order valence-electron chi connectivity index (χ0n) is 29.3. The lowest BCUT2D eigenvalue weighted by Crippen LogP contribution is -1.97. The van der Waals surface area contributed by atoms with Crippen molar-refractivity contribution in [1.29, 1.82) is 0 Å². The van der Waals surface area contributed by atoms with Gasteiger partial charge in [-0.25, -0.2) is 9.97 Å². The van der Waals surface area contributed by atoms with Crippen LogP contribution >= 0.6 is 0 Å². The average Bonchev–Trinajstić information content (AvgIpc) is 3.77. The number of para-hydroxylation sites is 3. The lowest BCUT2D eigenvalue weighted by atomic mass is 10.0. The van der Waals surface area contributed by atoms with E-state index in [1.54, 1.807) is 0 Å². The van der Waals surface area contributed by atoms with Crippen molar-refractivity contribution < 1.29 is 0 Å². The van der Waals surface area contributed by atoms with E-state index in [1.807, 2.05) is 18.2 Å². The number of aromatic nitrogens is 4. The van der Waals surface area contributed by atoms with Gasteiger partial charge in [0.2, 0.25) is 0 Å². The molecule has 0 aliphatic carbocycles. The van der Waals surface area contributed by atoms with Crippen LogP contribution in [0.5, 0.6) is 0 Å². The fourth-order valence-electron chi connectivity index (χ4n) is 8.31. The summed E-state index contributed by atoms with van der Waals surface area (Å²) in [5.74, 6) is 0.708. The summed E-state index contributed by atoms with van der Waals surface area (Å²) >= 11 is 0. The summed E-state index contributed by atoms with van der Waals surface area (Å²) in [4.78, 5) is 10.3. The van der Waals surface area contributed by atoms with Crippen molar-refractivity contribution in [2.24, 2.45) is 0 Å². The van der Waals surface area contributed by atoms with Gasteiger partial charge in [-0.1, -0.05) is 146 Å². The summed E-state index contributed by atoms with van der Waals surface area (Å²) in [6.45, 7) is 0. The highest BCUT2D eigenvalue weighted by Gasteiger charge is 2.21. The normalized spacial score (nSPS) is 11.7. The first-order chi connectivity index (χ1) is 26.8. The Labute approximate surface area is 311 Å². The van der Waals surface area contributed by atoms with Crippen molar-refractivity contribution in [3.63, 3.8) is 0 Å². The SMILES string of the molecule is c1ccc(-c2nc(-c3ccc(-n4c5ccccc5c5ccc6c(c7ccccc7n6-c6ccccc6)c54)cc3)cc(-c3cccc4ccccc34)n2)cc1. The Balaban J connectivity index is 1.13. The van der Waals surface area contributed by atoms with Crippen LogP contribution in [0.4, 0.5) is 0 Å². The molecule has 0 unspecified atom stereocenters. The minimum Gasteiger partial charge on any atom is -0.309 e. The lowest BCUT2D eigenvalue weighted by molar-refractivity contribution is 1.17. The van der Waals surface area contributed by atoms with Crippen LogP contribution in [0.15, 0.2) is 194 Å². The molecule has 0 radical (unpaired) electrons. The first kappa shape index (κ1) is 30.3. The predicted octanol–water partition coefficient (Wildman–Crippen LogP) is 12.8. The molecule has 0 amide bonds. The molecular weight excluding hydrogens is 657 g/mol. The van der Waals surface area contributed by atoms with Crippen LogP contribution < -0.4 is 0 Å². The molecule has 0 N–H and O–H groups in total. The Kier molecular flexibility index (Phi) is 6.82. The van der Waals surface area contributed by atoms with Gasteiger partial charge >= 0.3 is 0 Å². The predicted molar refractivity (Wildman–Crippen MR) is 225 cm³/mol. The molecule has 0 bridgehead atoms. The zero-order valence-corrected chi connectivity index (χ0v) is 29.3. The van der Waals surface area contributed by atoms with E-state index in [9.17, 15) is 0 Å². The molecule has 54 heavy (non-hydrogen) atoms. The second-order valence-corrected chi connectivity index (χ2v) is 13.8. The highest BCUT2D eigenvalue weighted by molar-refractivity contribution is 6.26. The second-order valence-electron chi connectivity index (χ2n) is 13.8. The third kappa shape index (κ3) is 4.70. The van der Waals surface area contributed by atoms with E-state index in [-0.39, 0.29) is 0 Å². The van der Waals surface area contributed by atoms with Gasteiger partial charge in [0.05, 0.1) is 33.5 Å². The maximum atomic E-state index is 5.16. The number of benzene rings is 8. The number of rotatable bonds is 5. The van der Waals surface area contributed by atoms with Crippen molar-refractivity contribution in [2.45, 2.75) is 0 Å². The Morgan fingerprint density at radius 3 is 1.76 bits per heavy atom. The van der Waals surface area contributed by atoms with Gasteiger partial charge in [0.25, 0.3) is 0 Å². The average molecular weight is 689 g/mol. The van der Waals surface area contributed by atoms with E-state index in [0.29, 0.717) is 5.82 Å². The van der Waals surface area contributed by atoms with Crippen LogP contribution in [0.2, 0.25) is 0 Å². The summed E-state index contributed by atoms with van der Waals surface area (Å²) < 4.78 is 4.83. The lowest BCUT2D eigenvalue weighted by Gasteiger charge is -2.13. The molecule has 252 valence electrons. The van der Waals surface area contributed by atoms with Crippen LogP contribution in [0, 0.1) is 0 Å². The smallest absolute Gasteiger partial charge is 0.160 e. The van der Waals surface area contributed by atoms with Crippen molar-refractivity contribution in [2.75, 3.05) is 0 Å². The summed E-state index contributed by atoms with van der Waals surface area (Å²) in [6, 6.07) is 68.9. The molecule has 4 heteroatoms. The van der Waals surface area contributed by atoms with Gasteiger partial charge in [0.15, 0.2) is 5.82 Å². The molecule has 11 rings (SSSR count). The summed E-state index contributed by atoms with van der Waals surface area (Å²) in [7, 11) is 0. The van der Waals surface area contributed by atoms with Crippen molar-refractivity contribution >= 4 is 54.4 Å². The van der Waals surface area contributed by atoms with Crippen molar-refractivity contribution in [1.82, 2.24) is 19.1 Å². The maximum Gasteiger partial charge on any atom is 0.160 e. The fourth-order valence-corrected chi connectivity index (χ4v) is 8.31. The Bertz CT molecular complexity index is 3190. The summed E-state index contributed by atoms with van der Waals surface area (Å²) in [5.41, 5.74) is 11.9. The van der Waals surface area contributed by atoms with Crippen LogP contribution in [-0.4, -0.2) is 19.1 Å². The van der Waals surface area contributed by atoms with Gasteiger partial charge in [-0.15, -0.1) is 0 Å². The van der Waals surface area contributed by atoms with Crippen LogP contribution in [0.1, 0.15) is 0 Å². The Morgan fingerprint density at radius 1 is 0.352 bits per heavy atom. The second kappa shape index (κ2) is 12.1. The van der Waals surface area contributed by atoms with Gasteiger partial charge in [-0.05, 0) is 59.3 Å². The number of hydrogen-bond donors (Lipinski definition) is 0. The van der Waals surface area contributed by atoms with Crippen LogP contribution in [0.3, 0.4) is 0 Å². The maximum absolute atomic E-state index is 5.16. The quantitative estimate of drug-likeness (QED) is 0.180. The first-order valence-corrected chi connectivity index (χ1v) is 18.3. The van der Waals surface area contributed by atoms with E-state index < -0.39 is 0 Å². The van der Waals surface area contributed by atoms with E-state index in [2.05, 4.69) is 185 Å². The van der Waals surface area contributed by atoms with Gasteiger partial charge in [-0.2, -0.15) is 0 Å². The topological polar surface area (TPSA) is 35.6 Å². The molecule has 0 saturated heterocycles. The minimum atomic E-state index is 0.708. The van der Waals surface area contributed by atoms with Crippen LogP contribution in [-0.2, 0) is 0 Å². The largest absolute Gasteiger partial charge is 0.309 e. The Morgan fingerprint density at radius 2 is 0.963 bits per heavy atom. The van der Waals surface area contributed by atoms with Gasteiger partial charge in [-0.3, -0.25) is 0 Å². The van der Waals surface area contributed by atoms with Gasteiger partial charge in [0.1, 0.15) is 0 Å². The summed E-state index contributed by atoms with van der Waals surface area (Å²) in [5, 5.41) is 7.31. The molecule has 0 aliphatic rings. The fraction of sp³-hybridized carbons (Fsp3) is 0. The van der Waals surface area contributed by atoms with Crippen LogP contribution in [0.25, 0.3) is 99.7 Å². The van der Waals surface area contributed by atoms with Crippen molar-refractivity contribution in [3.8, 4) is 45.3 Å².